The number of alkyl halides is 3. The number of piperidine rings is 1. The van der Waals surface area contributed by atoms with Crippen LogP contribution in [0.15, 0.2) is 42.8 Å². The van der Waals surface area contributed by atoms with Crippen LogP contribution in [0, 0.1) is 0 Å². The van der Waals surface area contributed by atoms with Crippen LogP contribution in [0.25, 0.3) is 10.9 Å². The van der Waals surface area contributed by atoms with Crippen molar-refractivity contribution in [3.8, 4) is 0 Å². The SMILES string of the molecule is C/C=C/OC1CCN(CCCn2cc(C(=O)C(F)(F)F)c3ccccc32)CC1. The normalized spacial score (nSPS) is 16.9. The second kappa shape index (κ2) is 8.82. The molecule has 2 aromatic rings. The van der Waals surface area contributed by atoms with Gasteiger partial charge >= 0.3 is 6.18 Å². The fraction of sp³-hybridized carbons (Fsp3) is 0.476. The molecule has 3 rings (SSSR count). The van der Waals surface area contributed by atoms with Crippen molar-refractivity contribution >= 4 is 16.7 Å². The third-order valence-electron chi connectivity index (χ3n) is 5.11. The van der Waals surface area contributed by atoms with E-state index in [4.69, 9.17) is 4.74 Å². The van der Waals surface area contributed by atoms with Gasteiger partial charge in [-0.3, -0.25) is 4.79 Å². The summed E-state index contributed by atoms with van der Waals surface area (Å²) in [7, 11) is 0. The van der Waals surface area contributed by atoms with Crippen LogP contribution in [0.3, 0.4) is 0 Å². The standard InChI is InChI=1S/C21H25F3N2O2/c1-2-14-28-16-8-12-25(13-9-16)10-5-11-26-15-18(20(27)21(22,23)24)17-6-3-4-7-19(17)26/h2-4,6-7,14-16H,5,8-13H2,1H3/b14-2+. The molecule has 0 bridgehead atoms. The van der Waals surface area contributed by atoms with E-state index in [1.165, 1.54) is 6.20 Å². The number of carbonyl (C=O) groups is 1. The van der Waals surface area contributed by atoms with Crippen LogP contribution in [0.2, 0.25) is 0 Å². The molecule has 0 spiro atoms. The maximum Gasteiger partial charge on any atom is 0.454 e. The number of allylic oxidation sites excluding steroid dienone is 1. The molecule has 0 unspecified atom stereocenters. The lowest BCUT2D eigenvalue weighted by atomic mass is 10.1. The number of rotatable bonds is 7. The minimum absolute atomic E-state index is 0.261. The number of benzene rings is 1. The monoisotopic (exact) mass is 394 g/mol. The fourth-order valence-corrected chi connectivity index (χ4v) is 3.69. The number of para-hydroxylation sites is 1. The number of hydrogen-bond donors (Lipinski definition) is 0. The van der Waals surface area contributed by atoms with Crippen LogP contribution in [-0.4, -0.2) is 47.2 Å². The van der Waals surface area contributed by atoms with E-state index in [9.17, 15) is 18.0 Å². The van der Waals surface area contributed by atoms with Crippen molar-refractivity contribution in [2.24, 2.45) is 0 Å². The Morgan fingerprint density at radius 1 is 1.21 bits per heavy atom. The van der Waals surface area contributed by atoms with E-state index < -0.39 is 12.0 Å². The molecular weight excluding hydrogens is 369 g/mol. The van der Waals surface area contributed by atoms with Crippen LogP contribution in [0.4, 0.5) is 13.2 Å². The molecule has 2 heterocycles. The van der Waals surface area contributed by atoms with Gasteiger partial charge in [-0.2, -0.15) is 13.2 Å². The van der Waals surface area contributed by atoms with Gasteiger partial charge in [-0.25, -0.2) is 0 Å². The number of hydrogen-bond acceptors (Lipinski definition) is 3. The highest BCUT2D eigenvalue weighted by molar-refractivity contribution is 6.10. The lowest BCUT2D eigenvalue weighted by Crippen LogP contribution is -2.37. The quantitative estimate of drug-likeness (QED) is 0.500. The molecule has 7 heteroatoms. The van der Waals surface area contributed by atoms with Gasteiger partial charge in [-0.15, -0.1) is 0 Å². The zero-order valence-electron chi connectivity index (χ0n) is 15.9. The maximum atomic E-state index is 12.9. The van der Waals surface area contributed by atoms with Crippen molar-refractivity contribution in [3.63, 3.8) is 0 Å². The molecule has 0 saturated carbocycles. The predicted octanol–water partition coefficient (Wildman–Crippen LogP) is 4.79. The van der Waals surface area contributed by atoms with Crippen molar-refractivity contribution in [2.75, 3.05) is 19.6 Å². The van der Waals surface area contributed by atoms with Crippen LogP contribution in [0.1, 0.15) is 36.5 Å². The van der Waals surface area contributed by atoms with Gasteiger partial charge in [-0.05, 0) is 38.8 Å². The third-order valence-corrected chi connectivity index (χ3v) is 5.11. The number of halogens is 3. The largest absolute Gasteiger partial charge is 0.498 e. The Morgan fingerprint density at radius 3 is 2.61 bits per heavy atom. The van der Waals surface area contributed by atoms with Crippen molar-refractivity contribution in [1.82, 2.24) is 9.47 Å². The molecule has 0 aliphatic carbocycles. The first-order chi connectivity index (χ1) is 13.4. The molecule has 0 radical (unpaired) electrons. The van der Waals surface area contributed by atoms with Gasteiger partial charge in [0.05, 0.1) is 11.8 Å². The Bertz CT molecular complexity index is 834. The molecule has 1 aliphatic rings. The lowest BCUT2D eigenvalue weighted by Gasteiger charge is -2.31. The van der Waals surface area contributed by atoms with Gasteiger partial charge in [0.1, 0.15) is 6.10 Å². The van der Waals surface area contributed by atoms with E-state index in [1.807, 2.05) is 13.0 Å². The van der Waals surface area contributed by atoms with Gasteiger partial charge in [0.25, 0.3) is 5.78 Å². The fourth-order valence-electron chi connectivity index (χ4n) is 3.69. The van der Waals surface area contributed by atoms with E-state index in [-0.39, 0.29) is 11.7 Å². The topological polar surface area (TPSA) is 34.5 Å². The molecule has 1 aromatic carbocycles. The van der Waals surface area contributed by atoms with Crippen LogP contribution < -0.4 is 0 Å². The highest BCUT2D eigenvalue weighted by Gasteiger charge is 2.40. The summed E-state index contributed by atoms with van der Waals surface area (Å²) in [5.74, 6) is -1.79. The van der Waals surface area contributed by atoms with Crippen molar-refractivity contribution in [1.29, 1.82) is 0 Å². The summed E-state index contributed by atoms with van der Waals surface area (Å²) < 4.78 is 46.1. The van der Waals surface area contributed by atoms with Gasteiger partial charge in [0.15, 0.2) is 0 Å². The summed E-state index contributed by atoms with van der Waals surface area (Å²) in [5, 5.41) is 0.353. The third kappa shape index (κ3) is 4.76. The van der Waals surface area contributed by atoms with E-state index in [0.29, 0.717) is 17.4 Å². The number of likely N-dealkylation sites (tertiary alicyclic amines) is 1. The number of ether oxygens (including phenoxy) is 1. The van der Waals surface area contributed by atoms with E-state index in [2.05, 4.69) is 4.90 Å². The lowest BCUT2D eigenvalue weighted by molar-refractivity contribution is -0.0884. The van der Waals surface area contributed by atoms with E-state index >= 15 is 0 Å². The number of aromatic nitrogens is 1. The molecule has 0 N–H and O–H groups in total. The van der Waals surface area contributed by atoms with E-state index in [0.717, 1.165) is 38.9 Å². The minimum Gasteiger partial charge on any atom is -0.498 e. The Kier molecular flexibility index (Phi) is 6.44. The van der Waals surface area contributed by atoms with Crippen molar-refractivity contribution in [2.45, 2.75) is 45.0 Å². The van der Waals surface area contributed by atoms with Crippen LogP contribution in [0.5, 0.6) is 0 Å². The second-order valence-corrected chi connectivity index (χ2v) is 7.08. The van der Waals surface area contributed by atoms with Crippen molar-refractivity contribution < 1.29 is 22.7 Å². The van der Waals surface area contributed by atoms with Crippen molar-refractivity contribution in [3.05, 3.63) is 48.4 Å². The molecule has 0 atom stereocenters. The number of ketones is 1. The minimum atomic E-state index is -4.87. The Balaban J connectivity index is 1.60. The maximum absolute atomic E-state index is 12.9. The predicted molar refractivity (Wildman–Crippen MR) is 102 cm³/mol. The summed E-state index contributed by atoms with van der Waals surface area (Å²) >= 11 is 0. The summed E-state index contributed by atoms with van der Waals surface area (Å²) in [5.41, 5.74) is 0.388. The Labute approximate surface area is 162 Å². The summed E-state index contributed by atoms with van der Waals surface area (Å²) in [6, 6.07) is 6.75. The van der Waals surface area contributed by atoms with Crippen LogP contribution in [-0.2, 0) is 11.3 Å². The number of aryl methyl sites for hydroxylation is 1. The first-order valence-electron chi connectivity index (χ1n) is 9.58. The molecular formula is C21H25F3N2O2. The van der Waals surface area contributed by atoms with Crippen LogP contribution >= 0.6 is 0 Å². The van der Waals surface area contributed by atoms with Gasteiger partial charge < -0.3 is 14.2 Å². The Morgan fingerprint density at radius 2 is 1.93 bits per heavy atom. The zero-order chi connectivity index (χ0) is 20.1. The highest BCUT2D eigenvalue weighted by atomic mass is 19.4. The number of nitrogens with zero attached hydrogens (tertiary/aromatic N) is 2. The molecule has 0 amide bonds. The first-order valence-corrected chi connectivity index (χ1v) is 9.58. The molecule has 1 fully saturated rings. The average molecular weight is 394 g/mol. The number of fused-ring (bicyclic) bond motifs is 1. The summed E-state index contributed by atoms with van der Waals surface area (Å²) in [4.78, 5) is 14.1. The average Bonchev–Trinajstić information content (AvgIpc) is 3.05. The zero-order valence-corrected chi connectivity index (χ0v) is 15.9. The smallest absolute Gasteiger partial charge is 0.454 e. The number of carbonyl (C=O) groups excluding carboxylic acids is 1. The van der Waals surface area contributed by atoms with Gasteiger partial charge in [0, 0.05) is 36.7 Å². The van der Waals surface area contributed by atoms with E-state index in [1.54, 1.807) is 35.1 Å². The Hall–Kier alpha value is -2.28. The molecule has 1 saturated heterocycles. The summed E-state index contributed by atoms with van der Waals surface area (Å²) in [6.07, 6.45) is 3.10. The highest BCUT2D eigenvalue weighted by Crippen LogP contribution is 2.28. The number of Topliss-reactive ketones (excluding diaryl/α,β-unsaturated/α-hetero) is 1. The molecule has 152 valence electrons. The molecule has 4 nitrogen and oxygen atoms in total. The molecule has 1 aromatic heterocycles. The molecule has 1 aliphatic heterocycles. The summed E-state index contributed by atoms with van der Waals surface area (Å²) in [6.45, 7) is 5.26. The van der Waals surface area contributed by atoms with Gasteiger partial charge in [-0.1, -0.05) is 24.3 Å². The molecule has 28 heavy (non-hydrogen) atoms. The van der Waals surface area contributed by atoms with Gasteiger partial charge in [0.2, 0.25) is 0 Å². The first kappa shape index (κ1) is 20.5. The second-order valence-electron chi connectivity index (χ2n) is 7.08.